The molecule has 1 unspecified atom stereocenters. The van der Waals surface area contributed by atoms with Gasteiger partial charge in [0.1, 0.15) is 0 Å². The predicted molar refractivity (Wildman–Crippen MR) is 86.3 cm³/mol. The number of nitrogens with zero attached hydrogens (tertiary/aromatic N) is 1. The standard InChI is InChI=1S/C16H27ClN2O/c1-5-18-15(13-6-8-14(17)9-7-13)10-11-19(4)12-16(2,3)20/h6-9,15,18,20H,5,10-12H2,1-4H3. The number of rotatable bonds is 8. The molecule has 3 nitrogen and oxygen atoms in total. The molecule has 0 saturated carbocycles. The SMILES string of the molecule is CCNC(CCN(C)CC(C)(C)O)c1ccc(Cl)cc1. The lowest BCUT2D eigenvalue weighted by Crippen LogP contribution is -2.37. The van der Waals surface area contributed by atoms with E-state index in [0.717, 1.165) is 24.5 Å². The second-order valence-corrected chi connectivity index (χ2v) is 6.44. The fourth-order valence-corrected chi connectivity index (χ4v) is 2.54. The third-order valence-electron chi connectivity index (χ3n) is 3.18. The fourth-order valence-electron chi connectivity index (χ4n) is 2.42. The predicted octanol–water partition coefficient (Wildman–Crippen LogP) is 3.08. The van der Waals surface area contributed by atoms with Crippen molar-refractivity contribution in [3.63, 3.8) is 0 Å². The maximum Gasteiger partial charge on any atom is 0.0718 e. The van der Waals surface area contributed by atoms with Crippen molar-refractivity contribution in [2.75, 3.05) is 26.7 Å². The van der Waals surface area contributed by atoms with E-state index < -0.39 is 5.60 Å². The van der Waals surface area contributed by atoms with Crippen LogP contribution in [0.25, 0.3) is 0 Å². The molecule has 1 aromatic rings. The van der Waals surface area contributed by atoms with Crippen LogP contribution in [0.1, 0.15) is 38.8 Å². The zero-order valence-corrected chi connectivity index (χ0v) is 13.7. The molecule has 20 heavy (non-hydrogen) atoms. The lowest BCUT2D eigenvalue weighted by atomic mass is 10.0. The van der Waals surface area contributed by atoms with Crippen molar-refractivity contribution in [1.29, 1.82) is 0 Å². The molecule has 0 bridgehead atoms. The van der Waals surface area contributed by atoms with Gasteiger partial charge in [-0.05, 0) is 58.1 Å². The molecule has 2 N–H and O–H groups in total. The van der Waals surface area contributed by atoms with Gasteiger partial charge >= 0.3 is 0 Å². The van der Waals surface area contributed by atoms with E-state index in [1.807, 2.05) is 33.0 Å². The average molecular weight is 299 g/mol. The molecule has 0 aliphatic rings. The van der Waals surface area contributed by atoms with Crippen molar-refractivity contribution < 1.29 is 5.11 Å². The lowest BCUT2D eigenvalue weighted by Gasteiger charge is -2.27. The van der Waals surface area contributed by atoms with E-state index in [1.165, 1.54) is 5.56 Å². The molecule has 0 heterocycles. The third kappa shape index (κ3) is 6.71. The number of benzene rings is 1. The first-order valence-corrected chi connectivity index (χ1v) is 7.59. The third-order valence-corrected chi connectivity index (χ3v) is 3.43. The van der Waals surface area contributed by atoms with E-state index in [-0.39, 0.29) is 0 Å². The van der Waals surface area contributed by atoms with Crippen molar-refractivity contribution in [3.05, 3.63) is 34.9 Å². The molecule has 0 aliphatic carbocycles. The largest absolute Gasteiger partial charge is 0.389 e. The zero-order chi connectivity index (χ0) is 15.2. The molecule has 0 fully saturated rings. The van der Waals surface area contributed by atoms with Gasteiger partial charge in [-0.25, -0.2) is 0 Å². The van der Waals surface area contributed by atoms with Gasteiger partial charge in [0, 0.05) is 17.6 Å². The minimum absolute atomic E-state index is 0.321. The van der Waals surface area contributed by atoms with E-state index in [9.17, 15) is 5.11 Å². The van der Waals surface area contributed by atoms with Crippen LogP contribution in [0.2, 0.25) is 5.02 Å². The quantitative estimate of drug-likeness (QED) is 0.774. The highest BCUT2D eigenvalue weighted by atomic mass is 35.5. The van der Waals surface area contributed by atoms with E-state index in [1.54, 1.807) is 0 Å². The molecular formula is C16H27ClN2O. The van der Waals surface area contributed by atoms with Gasteiger partial charge in [0.05, 0.1) is 5.60 Å². The Labute approximate surface area is 127 Å². The van der Waals surface area contributed by atoms with Gasteiger partial charge < -0.3 is 15.3 Å². The Kier molecular flexibility index (Phi) is 6.96. The van der Waals surface area contributed by atoms with Crippen molar-refractivity contribution in [2.45, 2.75) is 38.8 Å². The Morgan fingerprint density at radius 2 is 1.90 bits per heavy atom. The van der Waals surface area contributed by atoms with Crippen LogP contribution >= 0.6 is 11.6 Å². The summed E-state index contributed by atoms with van der Waals surface area (Å²) in [4.78, 5) is 2.17. The fraction of sp³-hybridized carbons (Fsp3) is 0.625. The Bertz CT molecular complexity index is 386. The molecule has 0 saturated heterocycles. The van der Waals surface area contributed by atoms with Crippen molar-refractivity contribution in [2.24, 2.45) is 0 Å². The number of halogens is 1. The first-order chi connectivity index (χ1) is 9.31. The maximum atomic E-state index is 9.83. The summed E-state index contributed by atoms with van der Waals surface area (Å²) in [5.74, 6) is 0. The summed E-state index contributed by atoms with van der Waals surface area (Å²) in [6.45, 7) is 8.33. The Hall–Kier alpha value is -0.610. The molecule has 0 aromatic heterocycles. The van der Waals surface area contributed by atoms with Gasteiger partial charge in [-0.3, -0.25) is 0 Å². The monoisotopic (exact) mass is 298 g/mol. The molecule has 0 radical (unpaired) electrons. The van der Waals surface area contributed by atoms with Crippen LogP contribution in [0, 0.1) is 0 Å². The van der Waals surface area contributed by atoms with E-state index >= 15 is 0 Å². The van der Waals surface area contributed by atoms with Gasteiger partial charge in [0.2, 0.25) is 0 Å². The van der Waals surface area contributed by atoms with Gasteiger partial charge in [-0.15, -0.1) is 0 Å². The number of nitrogens with one attached hydrogen (secondary N) is 1. The molecule has 4 heteroatoms. The van der Waals surface area contributed by atoms with Crippen LogP contribution in [0.3, 0.4) is 0 Å². The summed E-state index contributed by atoms with van der Waals surface area (Å²) < 4.78 is 0. The summed E-state index contributed by atoms with van der Waals surface area (Å²) in [6, 6.07) is 8.34. The van der Waals surface area contributed by atoms with Gasteiger partial charge in [-0.1, -0.05) is 30.7 Å². The van der Waals surface area contributed by atoms with Crippen LogP contribution in [-0.2, 0) is 0 Å². The summed E-state index contributed by atoms with van der Waals surface area (Å²) in [7, 11) is 2.04. The van der Waals surface area contributed by atoms with Crippen molar-refractivity contribution >= 4 is 11.6 Å². The second kappa shape index (κ2) is 7.99. The molecule has 0 spiro atoms. The van der Waals surface area contributed by atoms with Crippen LogP contribution in [0.15, 0.2) is 24.3 Å². The smallest absolute Gasteiger partial charge is 0.0718 e. The Morgan fingerprint density at radius 1 is 1.30 bits per heavy atom. The summed E-state index contributed by atoms with van der Waals surface area (Å²) in [6.07, 6.45) is 1.00. The van der Waals surface area contributed by atoms with E-state index in [2.05, 4.69) is 29.3 Å². The molecule has 0 amide bonds. The van der Waals surface area contributed by atoms with Gasteiger partial charge in [0.15, 0.2) is 0 Å². The zero-order valence-electron chi connectivity index (χ0n) is 13.0. The number of likely N-dealkylation sites (N-methyl/N-ethyl adjacent to an activating group) is 1. The topological polar surface area (TPSA) is 35.5 Å². The Morgan fingerprint density at radius 3 is 2.40 bits per heavy atom. The molecule has 1 atom stereocenters. The van der Waals surface area contributed by atoms with Gasteiger partial charge in [-0.2, -0.15) is 0 Å². The second-order valence-electron chi connectivity index (χ2n) is 6.00. The lowest BCUT2D eigenvalue weighted by molar-refractivity contribution is 0.0436. The summed E-state index contributed by atoms with van der Waals surface area (Å²) in [5, 5.41) is 14.1. The molecule has 1 rings (SSSR count). The summed E-state index contributed by atoms with van der Waals surface area (Å²) >= 11 is 5.94. The van der Waals surface area contributed by atoms with Crippen molar-refractivity contribution in [1.82, 2.24) is 10.2 Å². The minimum Gasteiger partial charge on any atom is -0.389 e. The molecule has 1 aromatic carbocycles. The van der Waals surface area contributed by atoms with E-state index in [4.69, 9.17) is 11.6 Å². The summed E-state index contributed by atoms with van der Waals surface area (Å²) in [5.41, 5.74) is 0.607. The number of aliphatic hydroxyl groups is 1. The highest BCUT2D eigenvalue weighted by Gasteiger charge is 2.17. The maximum absolute atomic E-state index is 9.83. The Balaban J connectivity index is 2.57. The highest BCUT2D eigenvalue weighted by Crippen LogP contribution is 2.20. The van der Waals surface area contributed by atoms with Crippen LogP contribution in [0.5, 0.6) is 0 Å². The first kappa shape index (κ1) is 17.4. The number of hydrogen-bond donors (Lipinski definition) is 2. The molecule has 114 valence electrons. The first-order valence-electron chi connectivity index (χ1n) is 7.21. The molecule has 0 aliphatic heterocycles. The van der Waals surface area contributed by atoms with Crippen LogP contribution in [-0.4, -0.2) is 42.3 Å². The van der Waals surface area contributed by atoms with Gasteiger partial charge in [0.25, 0.3) is 0 Å². The normalized spacial score (nSPS) is 13.8. The minimum atomic E-state index is -0.650. The van der Waals surface area contributed by atoms with Crippen molar-refractivity contribution in [3.8, 4) is 0 Å². The van der Waals surface area contributed by atoms with E-state index in [0.29, 0.717) is 12.6 Å². The molecular weight excluding hydrogens is 272 g/mol. The van der Waals surface area contributed by atoms with Crippen LogP contribution < -0.4 is 5.32 Å². The van der Waals surface area contributed by atoms with Crippen LogP contribution in [0.4, 0.5) is 0 Å². The average Bonchev–Trinajstić information content (AvgIpc) is 2.33. The highest BCUT2D eigenvalue weighted by molar-refractivity contribution is 6.30. The number of hydrogen-bond acceptors (Lipinski definition) is 3.